The molecule has 0 radical (unpaired) electrons. The van der Waals surface area contributed by atoms with Crippen LogP contribution in [0, 0.1) is 0 Å². The minimum atomic E-state index is -2.88. The molecule has 0 unspecified atom stereocenters. The SMILES string of the molecule is C=Cc1cccc(CC(C)(C)O[Si](C=C)(C=C)OC(C)(C)Cc2cccc(C=C)c2)c1. The normalized spacial score (nSPS) is 12.3. The first-order chi connectivity index (χ1) is 14.6. The summed E-state index contributed by atoms with van der Waals surface area (Å²) in [5.41, 5.74) is 7.33. The lowest BCUT2D eigenvalue weighted by Gasteiger charge is -2.40. The summed E-state index contributed by atoms with van der Waals surface area (Å²) >= 11 is 0. The standard InChI is InChI=1S/C28H36O2Si/c1-9-23-15-13-17-25(19-23)21-27(5,6)29-31(11-3,12-4)30-28(7,8)22-26-18-14-16-24(10-2)20-26/h9-20H,1-4,21-22H2,5-8H3. The summed E-state index contributed by atoms with van der Waals surface area (Å²) in [5, 5.41) is 0. The second-order valence-electron chi connectivity index (χ2n) is 9.11. The van der Waals surface area contributed by atoms with Gasteiger partial charge in [0.25, 0.3) is 0 Å². The first-order valence-electron chi connectivity index (χ1n) is 10.7. The van der Waals surface area contributed by atoms with Crippen LogP contribution in [0.3, 0.4) is 0 Å². The van der Waals surface area contributed by atoms with Gasteiger partial charge in [0, 0.05) is 0 Å². The Hall–Kier alpha value is -2.46. The number of hydrogen-bond donors (Lipinski definition) is 0. The molecule has 31 heavy (non-hydrogen) atoms. The Kier molecular flexibility index (Phi) is 8.19. The third-order valence-corrected chi connectivity index (χ3v) is 7.96. The van der Waals surface area contributed by atoms with Gasteiger partial charge in [-0.15, -0.1) is 13.2 Å². The van der Waals surface area contributed by atoms with Crippen molar-refractivity contribution in [2.75, 3.05) is 0 Å². The van der Waals surface area contributed by atoms with Gasteiger partial charge < -0.3 is 8.85 Å². The molecule has 2 nitrogen and oxygen atoms in total. The monoisotopic (exact) mass is 432 g/mol. The molecular formula is C28H36O2Si. The van der Waals surface area contributed by atoms with Crippen molar-refractivity contribution in [3.8, 4) is 0 Å². The van der Waals surface area contributed by atoms with Crippen molar-refractivity contribution in [1.29, 1.82) is 0 Å². The lowest BCUT2D eigenvalue weighted by Crippen LogP contribution is -2.52. The number of benzene rings is 2. The summed E-state index contributed by atoms with van der Waals surface area (Å²) in [7, 11) is -2.88. The van der Waals surface area contributed by atoms with Gasteiger partial charge in [0.15, 0.2) is 0 Å². The fourth-order valence-electron chi connectivity index (χ4n) is 3.85. The van der Waals surface area contributed by atoms with Gasteiger partial charge in [-0.1, -0.05) is 73.8 Å². The zero-order chi connectivity index (χ0) is 23.1. The number of rotatable bonds is 12. The predicted molar refractivity (Wildman–Crippen MR) is 137 cm³/mol. The zero-order valence-corrected chi connectivity index (χ0v) is 20.5. The van der Waals surface area contributed by atoms with Crippen LogP contribution in [0.5, 0.6) is 0 Å². The first kappa shape index (κ1) is 24.8. The van der Waals surface area contributed by atoms with E-state index < -0.39 is 19.8 Å². The first-order valence-corrected chi connectivity index (χ1v) is 12.6. The molecule has 0 aliphatic carbocycles. The van der Waals surface area contributed by atoms with Crippen LogP contribution in [0.15, 0.2) is 86.2 Å². The Labute approximate surface area is 189 Å². The van der Waals surface area contributed by atoms with Crippen molar-refractivity contribution in [3.63, 3.8) is 0 Å². The Morgan fingerprint density at radius 3 is 1.42 bits per heavy atom. The lowest BCUT2D eigenvalue weighted by atomic mass is 9.97. The fraction of sp³-hybridized carbons (Fsp3) is 0.286. The summed E-state index contributed by atoms with van der Waals surface area (Å²) in [6.07, 6.45) is 5.21. The molecule has 0 fully saturated rings. The minimum Gasteiger partial charge on any atom is -0.383 e. The topological polar surface area (TPSA) is 18.5 Å². The summed E-state index contributed by atoms with van der Waals surface area (Å²) in [6.45, 7) is 24.2. The highest BCUT2D eigenvalue weighted by molar-refractivity contribution is 6.77. The van der Waals surface area contributed by atoms with E-state index in [4.69, 9.17) is 8.85 Å². The van der Waals surface area contributed by atoms with Crippen molar-refractivity contribution in [2.45, 2.75) is 51.7 Å². The van der Waals surface area contributed by atoms with E-state index >= 15 is 0 Å². The van der Waals surface area contributed by atoms with Gasteiger partial charge >= 0.3 is 8.56 Å². The van der Waals surface area contributed by atoms with Gasteiger partial charge in [0.2, 0.25) is 0 Å². The van der Waals surface area contributed by atoms with E-state index in [-0.39, 0.29) is 0 Å². The molecule has 0 atom stereocenters. The quantitative estimate of drug-likeness (QED) is 0.329. The Morgan fingerprint density at radius 1 is 0.710 bits per heavy atom. The third kappa shape index (κ3) is 7.32. The average Bonchev–Trinajstić information content (AvgIpc) is 2.72. The van der Waals surface area contributed by atoms with Gasteiger partial charge in [-0.3, -0.25) is 0 Å². The van der Waals surface area contributed by atoms with Gasteiger partial charge in [0.1, 0.15) is 0 Å². The lowest BCUT2D eigenvalue weighted by molar-refractivity contribution is 0.0114. The predicted octanol–water partition coefficient (Wildman–Crippen LogP) is 7.24. The van der Waals surface area contributed by atoms with Crippen LogP contribution in [0.1, 0.15) is 49.9 Å². The second kappa shape index (κ2) is 10.2. The molecule has 2 rings (SSSR count). The fourth-order valence-corrected chi connectivity index (χ4v) is 6.26. The second-order valence-corrected chi connectivity index (χ2v) is 11.8. The Morgan fingerprint density at radius 2 is 1.10 bits per heavy atom. The van der Waals surface area contributed by atoms with E-state index in [2.05, 4.69) is 78.3 Å². The highest BCUT2D eigenvalue weighted by Crippen LogP contribution is 2.30. The number of hydrogen-bond acceptors (Lipinski definition) is 2. The molecular weight excluding hydrogens is 396 g/mol. The minimum absolute atomic E-state index is 0.451. The van der Waals surface area contributed by atoms with E-state index in [0.29, 0.717) is 0 Å². The maximum Gasteiger partial charge on any atom is 0.391 e. The largest absolute Gasteiger partial charge is 0.391 e. The van der Waals surface area contributed by atoms with Crippen molar-refractivity contribution < 1.29 is 8.85 Å². The molecule has 2 aromatic rings. The molecule has 0 aromatic heterocycles. The highest BCUT2D eigenvalue weighted by atomic mass is 28.4. The van der Waals surface area contributed by atoms with Crippen molar-refractivity contribution in [2.24, 2.45) is 0 Å². The third-order valence-electron chi connectivity index (χ3n) is 5.07. The van der Waals surface area contributed by atoms with E-state index in [1.807, 2.05) is 47.8 Å². The molecule has 0 N–H and O–H groups in total. The molecule has 0 saturated heterocycles. The molecule has 0 aliphatic heterocycles. The van der Waals surface area contributed by atoms with Crippen LogP contribution in [0.4, 0.5) is 0 Å². The molecule has 0 heterocycles. The van der Waals surface area contributed by atoms with Gasteiger partial charge in [-0.2, -0.15) is 0 Å². The van der Waals surface area contributed by atoms with Crippen LogP contribution in [0.2, 0.25) is 0 Å². The van der Waals surface area contributed by atoms with E-state index in [1.54, 1.807) is 0 Å². The highest BCUT2D eigenvalue weighted by Gasteiger charge is 2.42. The summed E-state index contributed by atoms with van der Waals surface area (Å²) < 4.78 is 13.3. The molecule has 0 amide bonds. The zero-order valence-electron chi connectivity index (χ0n) is 19.5. The van der Waals surface area contributed by atoms with Crippen molar-refractivity contribution >= 4 is 20.7 Å². The summed E-state index contributed by atoms with van der Waals surface area (Å²) in [5.74, 6) is 0. The van der Waals surface area contributed by atoms with Crippen LogP contribution in [-0.2, 0) is 21.7 Å². The average molecular weight is 433 g/mol. The van der Waals surface area contributed by atoms with Crippen LogP contribution in [-0.4, -0.2) is 19.8 Å². The maximum atomic E-state index is 6.66. The molecule has 3 heteroatoms. The molecule has 0 bridgehead atoms. The maximum absolute atomic E-state index is 6.66. The Bertz CT molecular complexity index is 862. The molecule has 164 valence electrons. The van der Waals surface area contributed by atoms with Crippen molar-refractivity contribution in [1.82, 2.24) is 0 Å². The molecule has 2 aromatic carbocycles. The van der Waals surface area contributed by atoms with Gasteiger partial charge in [-0.25, -0.2) is 0 Å². The van der Waals surface area contributed by atoms with Crippen LogP contribution in [0.25, 0.3) is 12.2 Å². The summed E-state index contributed by atoms with van der Waals surface area (Å²) in [6, 6.07) is 16.7. The van der Waals surface area contributed by atoms with Crippen LogP contribution < -0.4 is 0 Å². The van der Waals surface area contributed by atoms with E-state index in [0.717, 1.165) is 24.0 Å². The van der Waals surface area contributed by atoms with Crippen molar-refractivity contribution in [3.05, 3.63) is 108 Å². The summed E-state index contributed by atoms with van der Waals surface area (Å²) in [4.78, 5) is 0. The van der Waals surface area contributed by atoms with Gasteiger partial charge in [-0.05, 0) is 74.2 Å². The molecule has 0 spiro atoms. The van der Waals surface area contributed by atoms with E-state index in [1.165, 1.54) is 11.1 Å². The van der Waals surface area contributed by atoms with Crippen LogP contribution >= 0.6 is 0 Å². The molecule has 0 saturated carbocycles. The van der Waals surface area contributed by atoms with E-state index in [9.17, 15) is 0 Å². The Balaban J connectivity index is 2.20. The smallest absolute Gasteiger partial charge is 0.383 e. The molecule has 0 aliphatic rings. The van der Waals surface area contributed by atoms with Gasteiger partial charge in [0.05, 0.1) is 11.2 Å².